The first-order valence-electron chi connectivity index (χ1n) is 12.3. The van der Waals surface area contributed by atoms with E-state index in [1.807, 2.05) is 0 Å². The largest absolute Gasteiger partial charge is 0.493 e. The van der Waals surface area contributed by atoms with E-state index in [-0.39, 0.29) is 18.6 Å². The summed E-state index contributed by atoms with van der Waals surface area (Å²) in [6, 6.07) is 10.9. The minimum Gasteiger partial charge on any atom is -0.493 e. The maximum absolute atomic E-state index is 13.0. The fraction of sp³-hybridized carbons (Fsp3) is 0.393. The summed E-state index contributed by atoms with van der Waals surface area (Å²) in [6.45, 7) is -0.296. The zero-order valence-corrected chi connectivity index (χ0v) is 21.5. The van der Waals surface area contributed by atoms with E-state index in [0.717, 1.165) is 32.1 Å². The third-order valence-corrected chi connectivity index (χ3v) is 6.09. The SMILES string of the molecule is COc1cc(/C=C/C(=O)N[C@H](COC(=O)c2ccccc2)C(=O)NC2CCCCC2)cc(OC)c1OC. The van der Waals surface area contributed by atoms with Gasteiger partial charge >= 0.3 is 5.97 Å². The Kier molecular flexibility index (Phi) is 10.4. The van der Waals surface area contributed by atoms with Gasteiger partial charge in [0.2, 0.25) is 17.6 Å². The van der Waals surface area contributed by atoms with E-state index in [2.05, 4.69) is 10.6 Å². The van der Waals surface area contributed by atoms with Crippen molar-refractivity contribution < 1.29 is 33.3 Å². The van der Waals surface area contributed by atoms with Gasteiger partial charge in [0.05, 0.1) is 26.9 Å². The number of methoxy groups -OCH3 is 3. The van der Waals surface area contributed by atoms with E-state index in [4.69, 9.17) is 18.9 Å². The monoisotopic (exact) mass is 510 g/mol. The standard InChI is InChI=1S/C28H34N2O7/c1-34-23-16-19(17-24(35-2)26(23)36-3)14-15-25(31)30-22(27(32)29-21-12-8-5-9-13-21)18-37-28(33)20-10-6-4-7-11-20/h4,6-7,10-11,14-17,21-22H,5,8-9,12-13,18H2,1-3H3,(H,29,32)(H,30,31)/b15-14+/t22-/m1/s1. The molecule has 1 aliphatic rings. The second-order valence-electron chi connectivity index (χ2n) is 8.66. The van der Waals surface area contributed by atoms with Crippen molar-refractivity contribution in [3.05, 3.63) is 59.7 Å². The van der Waals surface area contributed by atoms with Crippen molar-refractivity contribution in [1.29, 1.82) is 0 Å². The average molecular weight is 511 g/mol. The zero-order valence-electron chi connectivity index (χ0n) is 21.5. The Balaban J connectivity index is 1.70. The molecule has 37 heavy (non-hydrogen) atoms. The number of amides is 2. The number of ether oxygens (including phenoxy) is 4. The van der Waals surface area contributed by atoms with Crippen molar-refractivity contribution in [3.8, 4) is 17.2 Å². The van der Waals surface area contributed by atoms with Gasteiger partial charge < -0.3 is 29.6 Å². The highest BCUT2D eigenvalue weighted by Gasteiger charge is 2.25. The van der Waals surface area contributed by atoms with Gasteiger partial charge in [0.25, 0.3) is 0 Å². The maximum Gasteiger partial charge on any atom is 0.338 e. The molecule has 1 fully saturated rings. The lowest BCUT2D eigenvalue weighted by molar-refractivity contribution is -0.128. The third kappa shape index (κ3) is 7.99. The van der Waals surface area contributed by atoms with Gasteiger partial charge in [-0.1, -0.05) is 37.5 Å². The van der Waals surface area contributed by atoms with Crippen LogP contribution in [0.5, 0.6) is 17.2 Å². The lowest BCUT2D eigenvalue weighted by Gasteiger charge is -2.25. The molecular weight excluding hydrogens is 476 g/mol. The molecular formula is C28H34N2O7. The third-order valence-electron chi connectivity index (χ3n) is 6.09. The van der Waals surface area contributed by atoms with Crippen LogP contribution in [0.15, 0.2) is 48.5 Å². The van der Waals surface area contributed by atoms with Crippen molar-refractivity contribution in [2.75, 3.05) is 27.9 Å². The Morgan fingerprint density at radius 3 is 2.19 bits per heavy atom. The van der Waals surface area contributed by atoms with Crippen molar-refractivity contribution >= 4 is 23.9 Å². The molecule has 9 heteroatoms. The van der Waals surface area contributed by atoms with Gasteiger partial charge in [-0.3, -0.25) is 9.59 Å². The molecule has 0 spiro atoms. The highest BCUT2D eigenvalue weighted by molar-refractivity contribution is 5.96. The fourth-order valence-corrected chi connectivity index (χ4v) is 4.14. The molecule has 1 atom stereocenters. The van der Waals surface area contributed by atoms with Crippen LogP contribution in [0.4, 0.5) is 0 Å². The summed E-state index contributed by atoms with van der Waals surface area (Å²) < 4.78 is 21.4. The summed E-state index contributed by atoms with van der Waals surface area (Å²) in [5.74, 6) is -0.154. The maximum atomic E-state index is 13.0. The van der Waals surface area contributed by atoms with Crippen LogP contribution in [-0.4, -0.2) is 57.8 Å². The van der Waals surface area contributed by atoms with E-state index in [1.54, 1.807) is 48.5 Å². The first kappa shape index (κ1) is 27.6. The fourth-order valence-electron chi connectivity index (χ4n) is 4.14. The van der Waals surface area contributed by atoms with Crippen LogP contribution in [0, 0.1) is 0 Å². The van der Waals surface area contributed by atoms with Gasteiger partial charge in [-0.15, -0.1) is 0 Å². The lowest BCUT2D eigenvalue weighted by Crippen LogP contribution is -2.52. The summed E-state index contributed by atoms with van der Waals surface area (Å²) in [5, 5.41) is 5.65. The van der Waals surface area contributed by atoms with E-state index in [0.29, 0.717) is 28.4 Å². The quantitative estimate of drug-likeness (QED) is 0.351. The van der Waals surface area contributed by atoms with Crippen molar-refractivity contribution in [2.45, 2.75) is 44.2 Å². The molecule has 1 aliphatic carbocycles. The predicted octanol–water partition coefficient (Wildman–Crippen LogP) is 3.52. The summed E-state index contributed by atoms with van der Waals surface area (Å²) >= 11 is 0. The Morgan fingerprint density at radius 2 is 1.59 bits per heavy atom. The highest BCUT2D eigenvalue weighted by atomic mass is 16.5. The summed E-state index contributed by atoms with van der Waals surface area (Å²) in [5.41, 5.74) is 0.992. The molecule has 0 unspecified atom stereocenters. The number of hydrogen-bond donors (Lipinski definition) is 2. The van der Waals surface area contributed by atoms with Gasteiger partial charge in [-0.05, 0) is 48.7 Å². The number of esters is 1. The number of hydrogen-bond acceptors (Lipinski definition) is 7. The van der Waals surface area contributed by atoms with Crippen LogP contribution in [0.3, 0.4) is 0 Å². The molecule has 2 amide bonds. The molecule has 0 bridgehead atoms. The van der Waals surface area contributed by atoms with Crippen LogP contribution in [-0.2, 0) is 14.3 Å². The van der Waals surface area contributed by atoms with Crippen LogP contribution >= 0.6 is 0 Å². The molecule has 2 aromatic carbocycles. The van der Waals surface area contributed by atoms with Crippen LogP contribution in [0.25, 0.3) is 6.08 Å². The van der Waals surface area contributed by atoms with Gasteiger partial charge in [-0.25, -0.2) is 4.79 Å². The predicted molar refractivity (Wildman–Crippen MR) is 139 cm³/mol. The summed E-state index contributed by atoms with van der Waals surface area (Å²) in [7, 11) is 4.51. The Bertz CT molecular complexity index is 1070. The van der Waals surface area contributed by atoms with Gasteiger partial charge in [0.15, 0.2) is 11.5 Å². The number of benzene rings is 2. The van der Waals surface area contributed by atoms with Crippen LogP contribution in [0.2, 0.25) is 0 Å². The molecule has 0 heterocycles. The molecule has 0 aliphatic heterocycles. The molecule has 3 rings (SSSR count). The Labute approximate surface area is 217 Å². The summed E-state index contributed by atoms with van der Waals surface area (Å²) in [4.78, 5) is 38.2. The van der Waals surface area contributed by atoms with Gasteiger partial charge in [0, 0.05) is 12.1 Å². The first-order chi connectivity index (χ1) is 17.9. The average Bonchev–Trinajstić information content (AvgIpc) is 2.94. The molecule has 2 N–H and O–H groups in total. The van der Waals surface area contributed by atoms with E-state index in [1.165, 1.54) is 27.4 Å². The van der Waals surface area contributed by atoms with Gasteiger partial charge in [-0.2, -0.15) is 0 Å². The molecule has 2 aromatic rings. The summed E-state index contributed by atoms with van der Waals surface area (Å²) in [6.07, 6.45) is 7.86. The molecule has 9 nitrogen and oxygen atoms in total. The molecule has 0 aromatic heterocycles. The molecule has 1 saturated carbocycles. The van der Waals surface area contributed by atoms with E-state index < -0.39 is 17.9 Å². The second kappa shape index (κ2) is 13.9. The Hall–Kier alpha value is -4.01. The Morgan fingerprint density at radius 1 is 0.946 bits per heavy atom. The van der Waals surface area contributed by atoms with Crippen molar-refractivity contribution in [2.24, 2.45) is 0 Å². The normalized spacial score (nSPS) is 14.5. The van der Waals surface area contributed by atoms with Crippen molar-refractivity contribution in [1.82, 2.24) is 10.6 Å². The van der Waals surface area contributed by atoms with Crippen LogP contribution in [0.1, 0.15) is 48.0 Å². The van der Waals surface area contributed by atoms with E-state index in [9.17, 15) is 14.4 Å². The topological polar surface area (TPSA) is 112 Å². The number of nitrogens with one attached hydrogen (secondary N) is 2. The minimum atomic E-state index is -1.05. The molecule has 0 saturated heterocycles. The lowest BCUT2D eigenvalue weighted by atomic mass is 9.95. The first-order valence-corrected chi connectivity index (χ1v) is 12.3. The highest BCUT2D eigenvalue weighted by Crippen LogP contribution is 2.38. The van der Waals surface area contributed by atoms with Crippen molar-refractivity contribution in [3.63, 3.8) is 0 Å². The zero-order chi connectivity index (χ0) is 26.6. The van der Waals surface area contributed by atoms with Crippen LogP contribution < -0.4 is 24.8 Å². The number of carbonyl (C=O) groups is 3. The van der Waals surface area contributed by atoms with Gasteiger partial charge in [0.1, 0.15) is 12.6 Å². The number of rotatable bonds is 11. The molecule has 198 valence electrons. The second-order valence-corrected chi connectivity index (χ2v) is 8.66. The number of carbonyl (C=O) groups excluding carboxylic acids is 3. The van der Waals surface area contributed by atoms with E-state index >= 15 is 0 Å². The molecule has 0 radical (unpaired) electrons. The smallest absolute Gasteiger partial charge is 0.338 e. The minimum absolute atomic E-state index is 0.0419.